The van der Waals surface area contributed by atoms with Crippen molar-refractivity contribution in [2.75, 3.05) is 38.0 Å². The topological polar surface area (TPSA) is 153 Å². The molecule has 34 heavy (non-hydrogen) atoms. The lowest BCUT2D eigenvalue weighted by molar-refractivity contribution is -0.154. The average molecular weight is 506 g/mol. The van der Waals surface area contributed by atoms with Crippen molar-refractivity contribution < 1.29 is 40.7 Å². The van der Waals surface area contributed by atoms with Crippen LogP contribution in [0.2, 0.25) is 0 Å². The van der Waals surface area contributed by atoms with E-state index in [0.717, 1.165) is 7.11 Å². The number of hydrogen-bond acceptors (Lipinski definition) is 10. The largest absolute Gasteiger partial charge is 0.465 e. The van der Waals surface area contributed by atoms with Gasteiger partial charge in [-0.3, -0.25) is 5.32 Å². The standard InChI is InChI=1S/C18H21F3N6O6S/c1-9-6-7-11(13(28)32-5)12(10(9)2)34(30,31)26-16(29)23-14-22-15(27(3)4)25-17(24-14)33-8-18(19,20)21/h6-7H,8H2,1-5H3,(H2,22,23,24,25,26,29). The van der Waals surface area contributed by atoms with Crippen LogP contribution < -0.4 is 19.7 Å². The lowest BCUT2D eigenvalue weighted by atomic mass is 10.1. The van der Waals surface area contributed by atoms with Gasteiger partial charge in [0, 0.05) is 14.1 Å². The van der Waals surface area contributed by atoms with Crippen LogP contribution >= 0.6 is 0 Å². The van der Waals surface area contributed by atoms with E-state index in [4.69, 9.17) is 0 Å². The van der Waals surface area contributed by atoms with Gasteiger partial charge in [0.2, 0.25) is 11.9 Å². The normalized spacial score (nSPS) is 11.5. The molecule has 0 radical (unpaired) electrons. The second-order valence-electron chi connectivity index (χ2n) is 6.98. The van der Waals surface area contributed by atoms with Crippen molar-refractivity contribution in [2.45, 2.75) is 24.9 Å². The van der Waals surface area contributed by atoms with E-state index in [1.165, 1.54) is 38.1 Å². The fourth-order valence-electron chi connectivity index (χ4n) is 2.52. The molecule has 0 spiro atoms. The number of aromatic nitrogens is 3. The summed E-state index contributed by atoms with van der Waals surface area (Å²) >= 11 is 0. The summed E-state index contributed by atoms with van der Waals surface area (Å²) in [6, 6.07) is 0.642. The Morgan fingerprint density at radius 1 is 1.12 bits per heavy atom. The third-order valence-electron chi connectivity index (χ3n) is 4.17. The van der Waals surface area contributed by atoms with Crippen LogP contribution in [0.15, 0.2) is 17.0 Å². The molecule has 0 fully saturated rings. The Morgan fingerprint density at radius 3 is 2.32 bits per heavy atom. The van der Waals surface area contributed by atoms with E-state index in [1.807, 2.05) is 5.32 Å². The van der Waals surface area contributed by atoms with E-state index in [1.54, 1.807) is 11.6 Å². The number of methoxy groups -OCH3 is 1. The van der Waals surface area contributed by atoms with Crippen LogP contribution in [0.3, 0.4) is 0 Å². The molecule has 2 rings (SSSR count). The van der Waals surface area contributed by atoms with Crippen LogP contribution in [0.4, 0.5) is 29.9 Å². The Balaban J connectivity index is 2.35. The number of nitrogens with one attached hydrogen (secondary N) is 2. The summed E-state index contributed by atoms with van der Waals surface area (Å²) in [5.74, 6) is -1.70. The van der Waals surface area contributed by atoms with Crippen molar-refractivity contribution in [1.29, 1.82) is 0 Å². The van der Waals surface area contributed by atoms with Crippen LogP contribution in [-0.2, 0) is 14.8 Å². The molecular weight excluding hydrogens is 485 g/mol. The molecule has 0 saturated carbocycles. The molecule has 0 aliphatic rings. The number of carbonyl (C=O) groups is 2. The Labute approximate surface area is 192 Å². The van der Waals surface area contributed by atoms with Crippen LogP contribution in [0.25, 0.3) is 0 Å². The Hall–Kier alpha value is -3.69. The minimum absolute atomic E-state index is 0.173. The van der Waals surface area contributed by atoms with E-state index in [-0.39, 0.29) is 17.1 Å². The fourth-order valence-corrected chi connectivity index (χ4v) is 3.92. The molecule has 0 atom stereocenters. The predicted octanol–water partition coefficient (Wildman–Crippen LogP) is 1.79. The number of nitrogens with zero attached hydrogens (tertiary/aromatic N) is 4. The van der Waals surface area contributed by atoms with E-state index < -0.39 is 51.7 Å². The van der Waals surface area contributed by atoms with E-state index >= 15 is 0 Å². The molecule has 1 aromatic carbocycles. The van der Waals surface area contributed by atoms with Crippen molar-refractivity contribution in [1.82, 2.24) is 19.7 Å². The van der Waals surface area contributed by atoms with E-state index in [9.17, 15) is 31.2 Å². The van der Waals surface area contributed by atoms with Crippen molar-refractivity contribution in [2.24, 2.45) is 0 Å². The second-order valence-corrected chi connectivity index (χ2v) is 8.59. The zero-order chi connectivity index (χ0) is 25.8. The molecule has 1 heterocycles. The zero-order valence-corrected chi connectivity index (χ0v) is 19.5. The number of alkyl halides is 3. The zero-order valence-electron chi connectivity index (χ0n) is 18.6. The molecule has 0 aliphatic heterocycles. The third-order valence-corrected chi connectivity index (χ3v) is 5.69. The molecule has 1 aromatic heterocycles. The lowest BCUT2D eigenvalue weighted by Crippen LogP contribution is -2.36. The highest BCUT2D eigenvalue weighted by molar-refractivity contribution is 7.90. The molecule has 16 heteroatoms. The number of rotatable bonds is 7. The quantitative estimate of drug-likeness (QED) is 0.532. The molecular formula is C18H21F3N6O6S. The number of carbonyl (C=O) groups excluding carboxylic acids is 2. The first kappa shape index (κ1) is 26.6. The number of anilines is 2. The van der Waals surface area contributed by atoms with Gasteiger partial charge in [0.15, 0.2) is 6.61 Å². The third kappa shape index (κ3) is 6.66. The number of amides is 2. The highest BCUT2D eigenvalue weighted by Crippen LogP contribution is 2.24. The predicted molar refractivity (Wildman–Crippen MR) is 112 cm³/mol. The highest BCUT2D eigenvalue weighted by Gasteiger charge is 2.30. The monoisotopic (exact) mass is 506 g/mol. The number of aryl methyl sites for hydroxylation is 1. The molecule has 186 valence electrons. The van der Waals surface area contributed by atoms with Crippen LogP contribution in [0, 0.1) is 13.8 Å². The minimum atomic E-state index is -4.67. The SMILES string of the molecule is COC(=O)c1ccc(C)c(C)c1S(=O)(=O)NC(=O)Nc1nc(OCC(F)(F)F)nc(N(C)C)n1. The number of benzene rings is 1. The number of urea groups is 1. The molecule has 2 aromatic rings. The maximum atomic E-state index is 12.9. The number of ether oxygens (including phenoxy) is 2. The van der Waals surface area contributed by atoms with Gasteiger partial charge in [-0.05, 0) is 31.0 Å². The number of halogens is 3. The number of sulfonamides is 1. The van der Waals surface area contributed by atoms with Gasteiger partial charge in [-0.2, -0.15) is 28.1 Å². The van der Waals surface area contributed by atoms with E-state index in [0.29, 0.717) is 5.56 Å². The van der Waals surface area contributed by atoms with Gasteiger partial charge in [0.1, 0.15) is 4.90 Å². The molecule has 2 N–H and O–H groups in total. The van der Waals surface area contributed by atoms with Gasteiger partial charge < -0.3 is 14.4 Å². The first-order chi connectivity index (χ1) is 15.6. The van der Waals surface area contributed by atoms with Gasteiger partial charge in [0.25, 0.3) is 10.0 Å². The summed E-state index contributed by atoms with van der Waals surface area (Å²) in [6.45, 7) is 1.34. The van der Waals surface area contributed by atoms with Crippen molar-refractivity contribution >= 4 is 33.9 Å². The minimum Gasteiger partial charge on any atom is -0.465 e. The maximum absolute atomic E-state index is 12.9. The van der Waals surface area contributed by atoms with Gasteiger partial charge in [-0.25, -0.2) is 22.7 Å². The summed E-state index contributed by atoms with van der Waals surface area (Å²) in [7, 11) is -0.615. The lowest BCUT2D eigenvalue weighted by Gasteiger charge is -2.16. The Morgan fingerprint density at radius 2 is 1.76 bits per heavy atom. The Kier molecular flexibility index (Phi) is 7.86. The summed E-state index contributed by atoms with van der Waals surface area (Å²) in [5, 5.41) is 2.00. The van der Waals surface area contributed by atoms with Gasteiger partial charge >= 0.3 is 24.2 Å². The molecule has 0 saturated heterocycles. The first-order valence-electron chi connectivity index (χ1n) is 9.30. The Bertz CT molecular complexity index is 1200. The van der Waals surface area contributed by atoms with Gasteiger partial charge in [0.05, 0.1) is 12.7 Å². The fraction of sp³-hybridized carbons (Fsp3) is 0.389. The molecule has 0 unspecified atom stereocenters. The van der Waals surface area contributed by atoms with Crippen LogP contribution in [0.5, 0.6) is 6.01 Å². The summed E-state index contributed by atoms with van der Waals surface area (Å²) < 4.78 is 74.0. The molecule has 0 aliphatic carbocycles. The first-order valence-corrected chi connectivity index (χ1v) is 10.8. The average Bonchev–Trinajstić information content (AvgIpc) is 2.72. The summed E-state index contributed by atoms with van der Waals surface area (Å²) in [6.07, 6.45) is -4.67. The highest BCUT2D eigenvalue weighted by atomic mass is 32.2. The maximum Gasteiger partial charge on any atom is 0.422 e. The molecule has 2 amide bonds. The number of esters is 1. The van der Waals surface area contributed by atoms with Gasteiger partial charge in [-0.15, -0.1) is 0 Å². The second kappa shape index (κ2) is 10.1. The smallest absolute Gasteiger partial charge is 0.422 e. The van der Waals surface area contributed by atoms with E-state index in [2.05, 4.69) is 24.4 Å². The van der Waals surface area contributed by atoms with Crippen molar-refractivity contribution in [3.05, 3.63) is 28.8 Å². The number of hydrogen-bond donors (Lipinski definition) is 2. The molecule has 12 nitrogen and oxygen atoms in total. The molecule has 0 bridgehead atoms. The summed E-state index contributed by atoms with van der Waals surface area (Å²) in [5.41, 5.74) is 0.415. The van der Waals surface area contributed by atoms with Crippen LogP contribution in [-0.4, -0.2) is 69.4 Å². The summed E-state index contributed by atoms with van der Waals surface area (Å²) in [4.78, 5) is 36.3. The van der Waals surface area contributed by atoms with Crippen molar-refractivity contribution in [3.63, 3.8) is 0 Å². The van der Waals surface area contributed by atoms with Gasteiger partial charge in [-0.1, -0.05) is 6.07 Å². The van der Waals surface area contributed by atoms with Crippen molar-refractivity contribution in [3.8, 4) is 6.01 Å². The van der Waals surface area contributed by atoms with Crippen LogP contribution in [0.1, 0.15) is 21.5 Å².